The summed E-state index contributed by atoms with van der Waals surface area (Å²) in [6, 6.07) is -0.154. The van der Waals surface area contributed by atoms with Crippen LogP contribution in [-0.2, 0) is 14.6 Å². The van der Waals surface area contributed by atoms with Crippen LogP contribution in [0.15, 0.2) is 0 Å². The van der Waals surface area contributed by atoms with E-state index in [2.05, 4.69) is 5.32 Å². The van der Waals surface area contributed by atoms with E-state index in [-0.39, 0.29) is 36.7 Å². The predicted molar refractivity (Wildman–Crippen MR) is 88.0 cm³/mol. The molecule has 1 fully saturated rings. The van der Waals surface area contributed by atoms with Gasteiger partial charge in [-0.2, -0.15) is 11.8 Å². The molecule has 0 aliphatic carbocycles. The molecule has 1 rings (SSSR count). The quantitative estimate of drug-likeness (QED) is 0.681. The van der Waals surface area contributed by atoms with Gasteiger partial charge in [0.05, 0.1) is 0 Å². The molecular weight excluding hydrogens is 310 g/mol. The number of amides is 1. The molecule has 0 spiro atoms. The summed E-state index contributed by atoms with van der Waals surface area (Å²) in [4.78, 5) is 13.9. The second-order valence-corrected chi connectivity index (χ2v) is 9.13. The van der Waals surface area contributed by atoms with Crippen molar-refractivity contribution in [2.45, 2.75) is 44.6 Å². The van der Waals surface area contributed by atoms with Crippen LogP contribution >= 0.6 is 11.8 Å². The average Bonchev–Trinajstić information content (AvgIpc) is 2.44. The monoisotopic (exact) mass is 337 g/mol. The molecule has 1 aliphatic rings. The van der Waals surface area contributed by atoms with E-state index in [9.17, 15) is 13.2 Å². The number of nitrogens with two attached hydrogens (primary N) is 1. The maximum atomic E-state index is 12.3. The molecule has 21 heavy (non-hydrogen) atoms. The third-order valence-corrected chi connectivity index (χ3v) is 6.86. The molecule has 0 bridgehead atoms. The van der Waals surface area contributed by atoms with Gasteiger partial charge in [-0.25, -0.2) is 8.42 Å². The highest BCUT2D eigenvalue weighted by molar-refractivity contribution is 8.01. The number of hydrogen-bond acceptors (Lipinski definition) is 6. The minimum atomic E-state index is -3.17. The fourth-order valence-corrected chi connectivity index (χ4v) is 5.54. The Morgan fingerprint density at radius 1 is 1.48 bits per heavy atom. The van der Waals surface area contributed by atoms with Crippen molar-refractivity contribution < 1.29 is 13.2 Å². The van der Waals surface area contributed by atoms with Crippen LogP contribution in [0.1, 0.15) is 27.2 Å². The van der Waals surface area contributed by atoms with Gasteiger partial charge in [-0.3, -0.25) is 9.69 Å². The van der Waals surface area contributed by atoms with Crippen LogP contribution in [0, 0.1) is 0 Å². The van der Waals surface area contributed by atoms with Gasteiger partial charge in [0.25, 0.3) is 0 Å². The number of carbonyl (C=O) groups excluding carboxylic acids is 1. The lowest BCUT2D eigenvalue weighted by molar-refractivity contribution is -0.122. The molecule has 8 heteroatoms. The number of nitrogens with one attached hydrogen (secondary N) is 1. The van der Waals surface area contributed by atoms with E-state index in [4.69, 9.17) is 5.73 Å². The third kappa shape index (κ3) is 5.43. The summed E-state index contributed by atoms with van der Waals surface area (Å²) < 4.78 is 24.5. The highest BCUT2D eigenvalue weighted by Crippen LogP contribution is 2.24. The van der Waals surface area contributed by atoms with Crippen molar-refractivity contribution in [3.05, 3.63) is 0 Å². The molecule has 1 heterocycles. The van der Waals surface area contributed by atoms with Crippen LogP contribution in [0.2, 0.25) is 0 Å². The summed E-state index contributed by atoms with van der Waals surface area (Å²) >= 11 is 1.64. The van der Waals surface area contributed by atoms with E-state index < -0.39 is 15.2 Å². The zero-order valence-electron chi connectivity index (χ0n) is 13.0. The molecule has 1 amide bonds. The summed E-state index contributed by atoms with van der Waals surface area (Å²) in [7, 11) is -3.17. The predicted octanol–water partition coefficient (Wildman–Crippen LogP) is 0.0380. The smallest absolute Gasteiger partial charge is 0.221 e. The number of rotatable bonds is 7. The third-order valence-electron chi connectivity index (χ3n) is 3.55. The van der Waals surface area contributed by atoms with Crippen LogP contribution < -0.4 is 11.1 Å². The van der Waals surface area contributed by atoms with Crippen molar-refractivity contribution in [1.29, 1.82) is 0 Å². The Morgan fingerprint density at radius 2 is 2.14 bits per heavy atom. The molecule has 2 unspecified atom stereocenters. The van der Waals surface area contributed by atoms with Gasteiger partial charge in [0, 0.05) is 48.9 Å². The average molecular weight is 338 g/mol. The minimum Gasteiger partial charge on any atom is -0.354 e. The van der Waals surface area contributed by atoms with Crippen molar-refractivity contribution in [3.8, 4) is 0 Å². The molecule has 1 aliphatic heterocycles. The van der Waals surface area contributed by atoms with Crippen molar-refractivity contribution in [2.75, 3.05) is 30.3 Å². The first-order chi connectivity index (χ1) is 9.81. The van der Waals surface area contributed by atoms with E-state index in [1.807, 2.05) is 18.7 Å². The summed E-state index contributed by atoms with van der Waals surface area (Å²) in [5.41, 5.74) is 5.81. The van der Waals surface area contributed by atoms with Gasteiger partial charge in [0.1, 0.15) is 5.37 Å². The molecule has 124 valence electrons. The van der Waals surface area contributed by atoms with Crippen LogP contribution in [0.25, 0.3) is 0 Å². The first-order valence-corrected chi connectivity index (χ1v) is 10.2. The Kier molecular flexibility index (Phi) is 7.46. The lowest BCUT2D eigenvalue weighted by atomic mass is 10.1. The fraction of sp³-hybridized carbons (Fsp3) is 0.923. The molecule has 0 aromatic carbocycles. The highest BCUT2D eigenvalue weighted by Gasteiger charge is 2.37. The first-order valence-electron chi connectivity index (χ1n) is 7.36. The number of hydrogen-bond donors (Lipinski definition) is 2. The van der Waals surface area contributed by atoms with Gasteiger partial charge in [-0.15, -0.1) is 0 Å². The molecule has 2 atom stereocenters. The van der Waals surface area contributed by atoms with Crippen LogP contribution in [0.5, 0.6) is 0 Å². The topological polar surface area (TPSA) is 92.5 Å². The fourth-order valence-electron chi connectivity index (χ4n) is 2.44. The Balaban J connectivity index is 2.83. The van der Waals surface area contributed by atoms with Crippen molar-refractivity contribution in [3.63, 3.8) is 0 Å². The van der Waals surface area contributed by atoms with E-state index in [0.29, 0.717) is 12.3 Å². The summed E-state index contributed by atoms with van der Waals surface area (Å²) in [5.74, 6) is 1.46. The standard InChI is InChI=1S/C13H27N3O3S2/c1-4-21(18,19)13-9-20-6-5-16(13)11(8-14)7-12(17)15-10(2)3/h10-11,13H,4-9,14H2,1-3H3,(H,15,17). The SMILES string of the molecule is CCS(=O)(=O)C1CSCCN1C(CN)CC(=O)NC(C)C. The van der Waals surface area contributed by atoms with Crippen molar-refractivity contribution in [2.24, 2.45) is 5.73 Å². The molecule has 6 nitrogen and oxygen atoms in total. The molecule has 3 N–H and O–H groups in total. The van der Waals surface area contributed by atoms with E-state index >= 15 is 0 Å². The Morgan fingerprint density at radius 3 is 2.67 bits per heavy atom. The maximum absolute atomic E-state index is 12.3. The summed E-state index contributed by atoms with van der Waals surface area (Å²) in [6.07, 6.45) is 0.245. The second kappa shape index (κ2) is 8.36. The Hall–Kier alpha value is -0.310. The highest BCUT2D eigenvalue weighted by atomic mass is 32.2. The summed E-state index contributed by atoms with van der Waals surface area (Å²) in [6.45, 7) is 6.40. The second-order valence-electron chi connectivity index (χ2n) is 5.53. The van der Waals surface area contributed by atoms with Crippen LogP contribution in [0.4, 0.5) is 0 Å². The van der Waals surface area contributed by atoms with Crippen LogP contribution in [0.3, 0.4) is 0 Å². The molecule has 0 aromatic heterocycles. The largest absolute Gasteiger partial charge is 0.354 e. The van der Waals surface area contributed by atoms with Gasteiger partial charge in [-0.05, 0) is 13.8 Å². The van der Waals surface area contributed by atoms with Gasteiger partial charge < -0.3 is 11.1 Å². The molecular formula is C13H27N3O3S2. The zero-order valence-corrected chi connectivity index (χ0v) is 14.7. The minimum absolute atomic E-state index is 0.0722. The number of sulfone groups is 1. The summed E-state index contributed by atoms with van der Waals surface area (Å²) in [5, 5.41) is 2.31. The van der Waals surface area contributed by atoms with Gasteiger partial charge >= 0.3 is 0 Å². The van der Waals surface area contributed by atoms with E-state index in [0.717, 1.165) is 5.75 Å². The number of nitrogens with zero attached hydrogens (tertiary/aromatic N) is 1. The molecule has 0 aromatic rings. The van der Waals surface area contributed by atoms with E-state index in [1.165, 1.54) is 0 Å². The van der Waals surface area contributed by atoms with E-state index in [1.54, 1.807) is 18.7 Å². The van der Waals surface area contributed by atoms with Gasteiger partial charge in [-0.1, -0.05) is 6.92 Å². The number of carbonyl (C=O) groups is 1. The molecule has 0 saturated carbocycles. The van der Waals surface area contributed by atoms with Crippen molar-refractivity contribution >= 4 is 27.5 Å². The van der Waals surface area contributed by atoms with Crippen LogP contribution in [-0.4, -0.2) is 67.0 Å². The van der Waals surface area contributed by atoms with Gasteiger partial charge in [0.15, 0.2) is 9.84 Å². The molecule has 1 saturated heterocycles. The maximum Gasteiger partial charge on any atom is 0.221 e. The normalized spacial score (nSPS) is 22.2. The zero-order chi connectivity index (χ0) is 16.0. The van der Waals surface area contributed by atoms with Gasteiger partial charge in [0.2, 0.25) is 5.91 Å². The Labute approximate surface area is 132 Å². The lowest BCUT2D eigenvalue weighted by Gasteiger charge is -2.39. The Bertz CT molecular complexity index is 440. The first kappa shape index (κ1) is 18.7. The number of thioether (sulfide) groups is 1. The van der Waals surface area contributed by atoms with Crippen molar-refractivity contribution in [1.82, 2.24) is 10.2 Å². The lowest BCUT2D eigenvalue weighted by Crippen LogP contribution is -2.55. The molecule has 0 radical (unpaired) electrons.